The number of ether oxygens (including phenoxy) is 2. The van der Waals surface area contributed by atoms with Crippen LogP contribution >= 0.6 is 0 Å². The summed E-state index contributed by atoms with van der Waals surface area (Å²) in [7, 11) is 0. The van der Waals surface area contributed by atoms with Crippen molar-refractivity contribution in [3.8, 4) is 17.4 Å². The van der Waals surface area contributed by atoms with Crippen molar-refractivity contribution in [2.24, 2.45) is 0 Å². The zero-order valence-electron chi connectivity index (χ0n) is 17.7. The zero-order chi connectivity index (χ0) is 21.9. The molecule has 5 rings (SSSR count). The van der Waals surface area contributed by atoms with E-state index >= 15 is 0 Å². The average Bonchev–Trinajstić information content (AvgIpc) is 3.26. The third-order valence-electron chi connectivity index (χ3n) is 5.70. The Bertz CT molecular complexity index is 1230. The van der Waals surface area contributed by atoms with Gasteiger partial charge in [-0.15, -0.1) is 0 Å². The molecule has 0 bridgehead atoms. The van der Waals surface area contributed by atoms with Gasteiger partial charge < -0.3 is 18.9 Å². The van der Waals surface area contributed by atoms with Gasteiger partial charge in [-0.25, -0.2) is 14.8 Å². The van der Waals surface area contributed by atoms with Crippen LogP contribution in [0.5, 0.6) is 17.4 Å². The van der Waals surface area contributed by atoms with E-state index in [0.29, 0.717) is 30.5 Å². The van der Waals surface area contributed by atoms with Crippen molar-refractivity contribution in [3.05, 3.63) is 72.9 Å². The van der Waals surface area contributed by atoms with Crippen molar-refractivity contribution in [2.75, 3.05) is 13.1 Å². The molecule has 3 aromatic heterocycles. The summed E-state index contributed by atoms with van der Waals surface area (Å²) in [4.78, 5) is 27.3. The highest BCUT2D eigenvalue weighted by molar-refractivity contribution is 5.81. The molecule has 8 heteroatoms. The van der Waals surface area contributed by atoms with E-state index in [9.17, 15) is 4.79 Å². The van der Waals surface area contributed by atoms with Gasteiger partial charge in [0.25, 0.3) is 0 Å². The largest absolute Gasteiger partial charge is 0.436 e. The van der Waals surface area contributed by atoms with E-state index in [4.69, 9.17) is 9.47 Å². The van der Waals surface area contributed by atoms with Gasteiger partial charge in [-0.3, -0.25) is 4.98 Å². The molecule has 1 amide bonds. The fourth-order valence-electron chi connectivity index (χ4n) is 3.99. The summed E-state index contributed by atoms with van der Waals surface area (Å²) in [6, 6.07) is 15.1. The molecule has 0 radical (unpaired) electrons. The molecule has 0 saturated carbocycles. The number of benzene rings is 1. The average molecular weight is 429 g/mol. The maximum atomic E-state index is 12.5. The SMILES string of the molecule is Cc1ncccc1Oc1ncnc2c1ccn2C1CCN(C(=O)Oc2ccccc2)CC1. The molecule has 162 valence electrons. The number of para-hydroxylation sites is 1. The van der Waals surface area contributed by atoms with Crippen LogP contribution in [0, 0.1) is 6.92 Å². The molecular weight excluding hydrogens is 406 g/mol. The number of fused-ring (bicyclic) bond motifs is 1. The molecule has 1 aromatic carbocycles. The lowest BCUT2D eigenvalue weighted by molar-refractivity contribution is 0.132. The molecular formula is C24H23N5O3. The molecule has 0 aliphatic carbocycles. The van der Waals surface area contributed by atoms with Crippen LogP contribution in [0.1, 0.15) is 24.6 Å². The van der Waals surface area contributed by atoms with Crippen LogP contribution in [0.4, 0.5) is 4.79 Å². The topological polar surface area (TPSA) is 82.4 Å². The predicted octanol–water partition coefficient (Wildman–Crippen LogP) is 4.76. The fourth-order valence-corrected chi connectivity index (χ4v) is 3.99. The van der Waals surface area contributed by atoms with Crippen molar-refractivity contribution in [1.82, 2.24) is 24.4 Å². The summed E-state index contributed by atoms with van der Waals surface area (Å²) in [5.41, 5.74) is 1.62. The molecule has 1 fully saturated rings. The second-order valence-corrected chi connectivity index (χ2v) is 7.73. The molecule has 8 nitrogen and oxygen atoms in total. The Morgan fingerprint density at radius 2 is 1.81 bits per heavy atom. The second kappa shape index (κ2) is 8.66. The second-order valence-electron chi connectivity index (χ2n) is 7.73. The lowest BCUT2D eigenvalue weighted by atomic mass is 10.1. The Kier molecular flexibility index (Phi) is 5.41. The van der Waals surface area contributed by atoms with Gasteiger partial charge in [0, 0.05) is 31.5 Å². The van der Waals surface area contributed by atoms with E-state index in [0.717, 1.165) is 29.6 Å². The minimum absolute atomic E-state index is 0.233. The van der Waals surface area contributed by atoms with Gasteiger partial charge in [-0.1, -0.05) is 18.2 Å². The van der Waals surface area contributed by atoms with Gasteiger partial charge in [0.2, 0.25) is 5.88 Å². The molecule has 1 aliphatic rings. The maximum absolute atomic E-state index is 12.5. The highest BCUT2D eigenvalue weighted by Gasteiger charge is 2.26. The summed E-state index contributed by atoms with van der Waals surface area (Å²) in [6.07, 6.45) is 6.59. The van der Waals surface area contributed by atoms with Crippen LogP contribution in [-0.2, 0) is 0 Å². The molecule has 1 aliphatic heterocycles. The van der Waals surface area contributed by atoms with Crippen molar-refractivity contribution in [1.29, 1.82) is 0 Å². The standard InChI is InChI=1S/C24H23N5O3/c1-17-21(8-5-12-25-17)32-23-20-11-15-29(22(20)26-16-27-23)18-9-13-28(14-10-18)24(30)31-19-6-3-2-4-7-19/h2-8,11-12,15-16,18H,9-10,13-14H2,1H3. The number of aromatic nitrogens is 4. The third-order valence-corrected chi connectivity index (χ3v) is 5.70. The van der Waals surface area contributed by atoms with Crippen molar-refractivity contribution in [2.45, 2.75) is 25.8 Å². The number of hydrogen-bond acceptors (Lipinski definition) is 6. The number of rotatable bonds is 4. The van der Waals surface area contributed by atoms with Crippen LogP contribution in [0.25, 0.3) is 11.0 Å². The quantitative estimate of drug-likeness (QED) is 0.465. The molecule has 0 N–H and O–H groups in total. The molecule has 4 heterocycles. The molecule has 1 saturated heterocycles. The lowest BCUT2D eigenvalue weighted by Gasteiger charge is -2.32. The van der Waals surface area contributed by atoms with Crippen LogP contribution in [0.2, 0.25) is 0 Å². The predicted molar refractivity (Wildman–Crippen MR) is 119 cm³/mol. The Morgan fingerprint density at radius 3 is 2.59 bits per heavy atom. The third kappa shape index (κ3) is 3.99. The van der Waals surface area contributed by atoms with Crippen LogP contribution < -0.4 is 9.47 Å². The number of carbonyl (C=O) groups excluding carboxylic acids is 1. The minimum atomic E-state index is -0.308. The molecule has 0 unspecified atom stereocenters. The Morgan fingerprint density at radius 1 is 1.00 bits per heavy atom. The van der Waals surface area contributed by atoms with Crippen LogP contribution in [0.3, 0.4) is 0 Å². The minimum Gasteiger partial charge on any atom is -0.436 e. The number of hydrogen-bond donors (Lipinski definition) is 0. The summed E-state index contributed by atoms with van der Waals surface area (Å²) in [5, 5.41) is 0.849. The highest BCUT2D eigenvalue weighted by Crippen LogP contribution is 2.32. The summed E-state index contributed by atoms with van der Waals surface area (Å²) >= 11 is 0. The first kappa shape index (κ1) is 20.0. The summed E-state index contributed by atoms with van der Waals surface area (Å²) < 4.78 is 13.7. The fraction of sp³-hybridized carbons (Fsp3) is 0.250. The monoisotopic (exact) mass is 429 g/mol. The zero-order valence-corrected chi connectivity index (χ0v) is 17.7. The van der Waals surface area contributed by atoms with Crippen LogP contribution in [0.15, 0.2) is 67.3 Å². The first-order valence-corrected chi connectivity index (χ1v) is 10.6. The van der Waals surface area contributed by atoms with Gasteiger partial charge in [0.05, 0.1) is 11.1 Å². The normalized spacial score (nSPS) is 14.5. The summed E-state index contributed by atoms with van der Waals surface area (Å²) in [5.74, 6) is 1.74. The number of pyridine rings is 1. The lowest BCUT2D eigenvalue weighted by Crippen LogP contribution is -2.40. The van der Waals surface area contributed by atoms with Gasteiger partial charge in [0.1, 0.15) is 17.7 Å². The molecule has 4 aromatic rings. The molecule has 0 atom stereocenters. The smallest absolute Gasteiger partial charge is 0.415 e. The van der Waals surface area contributed by atoms with Gasteiger partial charge in [-0.05, 0) is 50.1 Å². The number of aryl methyl sites for hydroxylation is 1. The molecule has 32 heavy (non-hydrogen) atoms. The Balaban J connectivity index is 1.29. The van der Waals surface area contributed by atoms with E-state index in [1.165, 1.54) is 6.33 Å². The number of piperidine rings is 1. The number of amides is 1. The van der Waals surface area contributed by atoms with E-state index in [2.05, 4.69) is 19.5 Å². The van der Waals surface area contributed by atoms with E-state index in [1.807, 2.05) is 49.5 Å². The number of nitrogens with zero attached hydrogens (tertiary/aromatic N) is 5. The number of carbonyl (C=O) groups is 1. The van der Waals surface area contributed by atoms with E-state index in [-0.39, 0.29) is 12.1 Å². The first-order chi connectivity index (χ1) is 15.7. The Hall–Kier alpha value is -3.94. The highest BCUT2D eigenvalue weighted by atomic mass is 16.6. The van der Waals surface area contributed by atoms with Gasteiger partial charge in [-0.2, -0.15) is 0 Å². The van der Waals surface area contributed by atoms with Crippen molar-refractivity contribution < 1.29 is 14.3 Å². The van der Waals surface area contributed by atoms with Crippen LogP contribution in [-0.4, -0.2) is 43.6 Å². The maximum Gasteiger partial charge on any atom is 0.415 e. The van der Waals surface area contributed by atoms with Gasteiger partial charge >= 0.3 is 6.09 Å². The Labute approximate surface area is 185 Å². The molecule has 0 spiro atoms. The van der Waals surface area contributed by atoms with E-state index in [1.54, 1.807) is 23.2 Å². The number of likely N-dealkylation sites (tertiary alicyclic amines) is 1. The van der Waals surface area contributed by atoms with Crippen molar-refractivity contribution in [3.63, 3.8) is 0 Å². The van der Waals surface area contributed by atoms with Crippen molar-refractivity contribution >= 4 is 17.1 Å². The van der Waals surface area contributed by atoms with E-state index < -0.39 is 0 Å². The van der Waals surface area contributed by atoms with Gasteiger partial charge in [0.15, 0.2) is 5.75 Å². The summed E-state index contributed by atoms with van der Waals surface area (Å²) in [6.45, 7) is 3.15. The first-order valence-electron chi connectivity index (χ1n) is 10.6.